The Kier molecular flexibility index (Phi) is 5.36. The zero-order chi connectivity index (χ0) is 14.4. The average molecular weight is 264 g/mol. The fourth-order valence-corrected chi connectivity index (χ4v) is 1.69. The van der Waals surface area contributed by atoms with Crippen molar-refractivity contribution in [2.24, 2.45) is 0 Å². The Balaban J connectivity index is 3.01. The highest BCUT2D eigenvalue weighted by Gasteiger charge is 2.20. The molecule has 1 aromatic rings. The largest absolute Gasteiger partial charge is 0.467 e. The van der Waals surface area contributed by atoms with Crippen LogP contribution in [0.4, 0.5) is 5.69 Å². The maximum Gasteiger partial charge on any atom is 0.328 e. The van der Waals surface area contributed by atoms with Gasteiger partial charge in [0.15, 0.2) is 0 Å². The Morgan fingerprint density at radius 2 is 1.95 bits per heavy atom. The minimum Gasteiger partial charge on any atom is -0.467 e. The molecule has 1 aromatic carbocycles. The second-order valence-corrected chi connectivity index (χ2v) is 4.37. The number of nitrogens with zero attached hydrogens (tertiary/aromatic N) is 1. The maximum atomic E-state index is 12.0. The van der Waals surface area contributed by atoms with E-state index in [0.29, 0.717) is 17.7 Å². The molecule has 19 heavy (non-hydrogen) atoms. The van der Waals surface area contributed by atoms with Crippen LogP contribution in [-0.2, 0) is 9.53 Å². The Bertz CT molecular complexity index is 458. The van der Waals surface area contributed by atoms with Crippen molar-refractivity contribution in [2.45, 2.75) is 19.4 Å². The van der Waals surface area contributed by atoms with E-state index in [2.05, 4.69) is 5.32 Å². The van der Waals surface area contributed by atoms with Crippen LogP contribution in [0, 0.1) is 0 Å². The van der Waals surface area contributed by atoms with E-state index in [4.69, 9.17) is 4.74 Å². The van der Waals surface area contributed by atoms with Crippen LogP contribution in [0.15, 0.2) is 24.3 Å². The first-order valence-electron chi connectivity index (χ1n) is 6.16. The zero-order valence-corrected chi connectivity index (χ0v) is 11.8. The number of hydrogen-bond donors (Lipinski definition) is 1. The first kappa shape index (κ1) is 15.0. The Morgan fingerprint density at radius 3 is 2.47 bits per heavy atom. The first-order valence-corrected chi connectivity index (χ1v) is 6.16. The molecule has 0 aliphatic heterocycles. The van der Waals surface area contributed by atoms with Crippen molar-refractivity contribution in [1.82, 2.24) is 4.90 Å². The Labute approximate surface area is 113 Å². The minimum absolute atomic E-state index is 0.109. The second kappa shape index (κ2) is 6.78. The van der Waals surface area contributed by atoms with Crippen LogP contribution in [0.1, 0.15) is 23.7 Å². The molecular weight excluding hydrogens is 244 g/mol. The number of nitrogens with one attached hydrogen (secondary N) is 1. The zero-order valence-electron chi connectivity index (χ0n) is 11.8. The summed E-state index contributed by atoms with van der Waals surface area (Å²) in [4.78, 5) is 25.1. The maximum absolute atomic E-state index is 12.0. The van der Waals surface area contributed by atoms with E-state index in [-0.39, 0.29) is 11.9 Å². The summed E-state index contributed by atoms with van der Waals surface area (Å²) in [6.45, 7) is 1.88. The molecule has 0 aliphatic rings. The lowest BCUT2D eigenvalue weighted by Gasteiger charge is -2.19. The van der Waals surface area contributed by atoms with Gasteiger partial charge in [0.25, 0.3) is 5.91 Å². The van der Waals surface area contributed by atoms with Gasteiger partial charge in [-0.3, -0.25) is 4.79 Å². The fourth-order valence-electron chi connectivity index (χ4n) is 1.69. The van der Waals surface area contributed by atoms with Gasteiger partial charge in [0.2, 0.25) is 0 Å². The molecule has 0 fully saturated rings. The van der Waals surface area contributed by atoms with E-state index in [1.165, 1.54) is 12.0 Å². The number of methoxy groups -OCH3 is 1. The fraction of sp³-hybridized carbons (Fsp3) is 0.429. The summed E-state index contributed by atoms with van der Waals surface area (Å²) in [5.74, 6) is -0.447. The molecule has 0 saturated carbocycles. The molecule has 1 atom stereocenters. The lowest BCUT2D eigenvalue weighted by molar-refractivity contribution is -0.141. The van der Waals surface area contributed by atoms with E-state index in [9.17, 15) is 9.59 Å². The van der Waals surface area contributed by atoms with Crippen molar-refractivity contribution in [3.63, 3.8) is 0 Å². The monoisotopic (exact) mass is 264 g/mol. The Morgan fingerprint density at radius 1 is 1.32 bits per heavy atom. The van der Waals surface area contributed by atoms with E-state index >= 15 is 0 Å². The van der Waals surface area contributed by atoms with E-state index in [1.54, 1.807) is 32.3 Å². The molecule has 1 amide bonds. The quantitative estimate of drug-likeness (QED) is 0.823. The highest BCUT2D eigenvalue weighted by molar-refractivity contribution is 5.99. The van der Waals surface area contributed by atoms with Crippen molar-refractivity contribution in [3.05, 3.63) is 29.8 Å². The van der Waals surface area contributed by atoms with Crippen LogP contribution in [-0.4, -0.2) is 44.0 Å². The number of amides is 1. The summed E-state index contributed by atoms with van der Waals surface area (Å²) < 4.78 is 4.73. The van der Waals surface area contributed by atoms with E-state index in [0.717, 1.165) is 0 Å². The normalized spacial score (nSPS) is 11.6. The number of ether oxygens (including phenoxy) is 1. The summed E-state index contributed by atoms with van der Waals surface area (Å²) in [6, 6.07) is 6.66. The lowest BCUT2D eigenvalue weighted by atomic mass is 10.1. The molecule has 0 aliphatic carbocycles. The number of benzene rings is 1. The number of anilines is 1. The van der Waals surface area contributed by atoms with Crippen LogP contribution < -0.4 is 5.32 Å². The van der Waals surface area contributed by atoms with Gasteiger partial charge in [-0.15, -0.1) is 0 Å². The highest BCUT2D eigenvalue weighted by atomic mass is 16.5. The highest BCUT2D eigenvalue weighted by Crippen LogP contribution is 2.18. The molecule has 0 spiro atoms. The van der Waals surface area contributed by atoms with Crippen molar-refractivity contribution in [1.29, 1.82) is 0 Å². The third kappa shape index (κ3) is 3.71. The van der Waals surface area contributed by atoms with E-state index in [1.807, 2.05) is 13.0 Å². The number of esters is 1. The number of rotatable bonds is 5. The molecule has 1 N–H and O–H groups in total. The van der Waals surface area contributed by atoms with Crippen molar-refractivity contribution >= 4 is 17.6 Å². The molecule has 5 nitrogen and oxygen atoms in total. The van der Waals surface area contributed by atoms with Crippen LogP contribution in [0.3, 0.4) is 0 Å². The molecule has 1 rings (SSSR count). The van der Waals surface area contributed by atoms with Gasteiger partial charge in [-0.2, -0.15) is 0 Å². The number of hydrogen-bond acceptors (Lipinski definition) is 4. The van der Waals surface area contributed by atoms with Crippen molar-refractivity contribution in [3.8, 4) is 0 Å². The summed E-state index contributed by atoms with van der Waals surface area (Å²) in [6.07, 6.45) is 0.581. The SMILES string of the molecule is CCC(Nc1ccccc1C(=O)N(C)C)C(=O)OC. The molecule has 0 radical (unpaired) electrons. The van der Waals surface area contributed by atoms with Crippen molar-refractivity contribution in [2.75, 3.05) is 26.5 Å². The van der Waals surface area contributed by atoms with Crippen LogP contribution >= 0.6 is 0 Å². The summed E-state index contributed by atoms with van der Waals surface area (Å²) in [7, 11) is 4.73. The molecule has 0 saturated heterocycles. The predicted molar refractivity (Wildman–Crippen MR) is 74.2 cm³/mol. The summed E-state index contributed by atoms with van der Waals surface area (Å²) in [5.41, 5.74) is 1.17. The third-order valence-corrected chi connectivity index (χ3v) is 2.79. The van der Waals surface area contributed by atoms with Gasteiger partial charge in [-0.05, 0) is 18.6 Å². The standard InChI is InChI=1S/C14H20N2O3/c1-5-11(14(18)19-4)15-12-9-7-6-8-10(12)13(17)16(2)3/h6-9,11,15H,5H2,1-4H3. The van der Waals surface area contributed by atoms with Gasteiger partial charge >= 0.3 is 5.97 Å². The van der Waals surface area contributed by atoms with Gasteiger partial charge in [-0.25, -0.2) is 4.79 Å². The average Bonchev–Trinajstić information content (AvgIpc) is 2.43. The number of carbonyl (C=O) groups is 2. The van der Waals surface area contributed by atoms with Gasteiger partial charge in [0.05, 0.1) is 12.7 Å². The van der Waals surface area contributed by atoms with Gasteiger partial charge in [0, 0.05) is 19.8 Å². The number of para-hydroxylation sites is 1. The smallest absolute Gasteiger partial charge is 0.328 e. The number of carbonyl (C=O) groups excluding carboxylic acids is 2. The lowest BCUT2D eigenvalue weighted by Crippen LogP contribution is -2.31. The van der Waals surface area contributed by atoms with Gasteiger partial charge in [0.1, 0.15) is 6.04 Å². The minimum atomic E-state index is -0.457. The summed E-state index contributed by atoms with van der Waals surface area (Å²) in [5, 5.41) is 3.06. The molecule has 1 unspecified atom stereocenters. The van der Waals surface area contributed by atoms with Gasteiger partial charge < -0.3 is 15.0 Å². The molecule has 0 aromatic heterocycles. The molecular formula is C14H20N2O3. The third-order valence-electron chi connectivity index (χ3n) is 2.79. The molecule has 5 heteroatoms. The van der Waals surface area contributed by atoms with Crippen molar-refractivity contribution < 1.29 is 14.3 Å². The van der Waals surface area contributed by atoms with Crippen LogP contribution in [0.5, 0.6) is 0 Å². The molecule has 104 valence electrons. The predicted octanol–water partition coefficient (Wildman–Crippen LogP) is 1.75. The molecule has 0 bridgehead atoms. The second-order valence-electron chi connectivity index (χ2n) is 4.37. The van der Waals surface area contributed by atoms with Crippen LogP contribution in [0.25, 0.3) is 0 Å². The summed E-state index contributed by atoms with van der Waals surface area (Å²) >= 11 is 0. The Hall–Kier alpha value is -2.04. The van der Waals surface area contributed by atoms with E-state index < -0.39 is 6.04 Å². The first-order chi connectivity index (χ1) is 9.01. The van der Waals surface area contributed by atoms with Gasteiger partial charge in [-0.1, -0.05) is 19.1 Å². The topological polar surface area (TPSA) is 58.6 Å². The van der Waals surface area contributed by atoms with Crippen LogP contribution in [0.2, 0.25) is 0 Å². The molecule has 0 heterocycles.